The zero-order chi connectivity index (χ0) is 16.4. The van der Waals surface area contributed by atoms with E-state index in [-0.39, 0.29) is 0 Å². The molecule has 120 valence electrons. The molecule has 4 aromatic rings. The highest BCUT2D eigenvalue weighted by Crippen LogP contribution is 2.30. The summed E-state index contributed by atoms with van der Waals surface area (Å²) < 4.78 is 6.60. The molecular formula is C17H14N4OS2. The first-order valence-electron chi connectivity index (χ1n) is 7.41. The Morgan fingerprint density at radius 1 is 1.12 bits per heavy atom. The lowest BCUT2D eigenvalue weighted by atomic mass is 10.2. The SMILES string of the molecule is Cc1cccc(Nc2nnc(SCc3nc4ccccc4o3)s2)c1. The highest BCUT2D eigenvalue weighted by molar-refractivity contribution is 8.00. The molecule has 4 rings (SSSR count). The van der Waals surface area contributed by atoms with Gasteiger partial charge in [-0.25, -0.2) is 4.98 Å². The third-order valence-electron chi connectivity index (χ3n) is 3.33. The smallest absolute Gasteiger partial charge is 0.210 e. The van der Waals surface area contributed by atoms with Gasteiger partial charge in [0.25, 0.3) is 0 Å². The molecule has 0 aliphatic carbocycles. The predicted molar refractivity (Wildman–Crippen MR) is 97.9 cm³/mol. The van der Waals surface area contributed by atoms with Gasteiger partial charge in [0.15, 0.2) is 9.92 Å². The van der Waals surface area contributed by atoms with Crippen molar-refractivity contribution < 1.29 is 4.42 Å². The van der Waals surface area contributed by atoms with Crippen LogP contribution in [0.25, 0.3) is 11.1 Å². The number of oxazole rings is 1. The Morgan fingerprint density at radius 2 is 2.04 bits per heavy atom. The second-order valence-electron chi connectivity index (χ2n) is 5.23. The lowest BCUT2D eigenvalue weighted by Gasteiger charge is -2.01. The monoisotopic (exact) mass is 354 g/mol. The van der Waals surface area contributed by atoms with Crippen molar-refractivity contribution in [1.82, 2.24) is 15.2 Å². The Labute approximate surface area is 147 Å². The summed E-state index contributed by atoms with van der Waals surface area (Å²) in [6, 6.07) is 15.9. The average molecular weight is 354 g/mol. The topological polar surface area (TPSA) is 63.8 Å². The number of rotatable bonds is 5. The molecule has 0 spiro atoms. The fourth-order valence-electron chi connectivity index (χ4n) is 2.27. The van der Waals surface area contributed by atoms with Crippen LogP contribution >= 0.6 is 23.1 Å². The first kappa shape index (κ1) is 15.2. The summed E-state index contributed by atoms with van der Waals surface area (Å²) in [4.78, 5) is 4.47. The van der Waals surface area contributed by atoms with E-state index in [1.165, 1.54) is 16.9 Å². The Hall–Kier alpha value is -2.38. The Balaban J connectivity index is 1.41. The van der Waals surface area contributed by atoms with E-state index in [4.69, 9.17) is 4.42 Å². The van der Waals surface area contributed by atoms with Crippen molar-refractivity contribution in [2.75, 3.05) is 5.32 Å². The van der Waals surface area contributed by atoms with E-state index in [2.05, 4.69) is 39.6 Å². The van der Waals surface area contributed by atoms with Gasteiger partial charge in [-0.1, -0.05) is 47.4 Å². The molecule has 2 aromatic heterocycles. The molecule has 0 saturated heterocycles. The van der Waals surface area contributed by atoms with Crippen LogP contribution in [0, 0.1) is 6.92 Å². The van der Waals surface area contributed by atoms with Gasteiger partial charge >= 0.3 is 0 Å². The normalized spacial score (nSPS) is 11.0. The number of aromatic nitrogens is 3. The minimum absolute atomic E-state index is 0.633. The maximum Gasteiger partial charge on any atom is 0.210 e. The lowest BCUT2D eigenvalue weighted by molar-refractivity contribution is 0.556. The molecule has 2 aromatic carbocycles. The number of fused-ring (bicyclic) bond motifs is 1. The Bertz CT molecular complexity index is 946. The Kier molecular flexibility index (Phi) is 4.18. The molecule has 1 N–H and O–H groups in total. The van der Waals surface area contributed by atoms with Crippen LogP contribution in [0.3, 0.4) is 0 Å². The molecule has 5 nitrogen and oxygen atoms in total. The molecule has 0 atom stereocenters. The molecular weight excluding hydrogens is 340 g/mol. The lowest BCUT2D eigenvalue weighted by Crippen LogP contribution is -1.89. The first-order valence-corrected chi connectivity index (χ1v) is 9.21. The molecule has 0 aliphatic rings. The van der Waals surface area contributed by atoms with Crippen LogP contribution in [0.4, 0.5) is 10.8 Å². The number of aryl methyl sites for hydroxylation is 1. The fraction of sp³-hybridized carbons (Fsp3) is 0.118. The quantitative estimate of drug-likeness (QED) is 0.508. The van der Waals surface area contributed by atoms with Crippen LogP contribution < -0.4 is 5.32 Å². The van der Waals surface area contributed by atoms with Gasteiger partial charge in [0.1, 0.15) is 5.52 Å². The number of hydrogen-bond acceptors (Lipinski definition) is 7. The molecule has 0 radical (unpaired) electrons. The van der Waals surface area contributed by atoms with Crippen molar-refractivity contribution in [3.8, 4) is 0 Å². The minimum atomic E-state index is 0.633. The number of benzene rings is 2. The average Bonchev–Trinajstić information content (AvgIpc) is 3.19. The van der Waals surface area contributed by atoms with E-state index in [1.807, 2.05) is 36.4 Å². The van der Waals surface area contributed by atoms with Gasteiger partial charge in [0.05, 0.1) is 5.75 Å². The molecule has 2 heterocycles. The third kappa shape index (κ3) is 3.42. The zero-order valence-electron chi connectivity index (χ0n) is 12.9. The van der Waals surface area contributed by atoms with Gasteiger partial charge in [-0.15, -0.1) is 10.2 Å². The van der Waals surface area contributed by atoms with E-state index >= 15 is 0 Å². The van der Waals surface area contributed by atoms with E-state index in [1.54, 1.807) is 11.8 Å². The summed E-state index contributed by atoms with van der Waals surface area (Å²) in [6.07, 6.45) is 0. The van der Waals surface area contributed by atoms with E-state index in [9.17, 15) is 0 Å². The largest absolute Gasteiger partial charge is 0.440 e. The molecule has 0 fully saturated rings. The van der Waals surface area contributed by atoms with Crippen LogP contribution in [0.15, 0.2) is 57.3 Å². The number of anilines is 2. The highest BCUT2D eigenvalue weighted by atomic mass is 32.2. The molecule has 0 amide bonds. The number of para-hydroxylation sites is 2. The fourth-order valence-corrected chi connectivity index (χ4v) is 3.89. The van der Waals surface area contributed by atoms with E-state index in [0.29, 0.717) is 11.6 Å². The van der Waals surface area contributed by atoms with Crippen LogP contribution in [0.1, 0.15) is 11.5 Å². The van der Waals surface area contributed by atoms with Crippen molar-refractivity contribution >= 4 is 45.0 Å². The van der Waals surface area contributed by atoms with E-state index < -0.39 is 0 Å². The molecule has 24 heavy (non-hydrogen) atoms. The van der Waals surface area contributed by atoms with Gasteiger partial charge in [-0.05, 0) is 36.8 Å². The predicted octanol–water partition coefficient (Wildman–Crippen LogP) is 5.02. The number of nitrogens with one attached hydrogen (secondary N) is 1. The summed E-state index contributed by atoms with van der Waals surface area (Å²) in [6.45, 7) is 2.06. The Morgan fingerprint density at radius 3 is 2.92 bits per heavy atom. The van der Waals surface area contributed by atoms with Crippen LogP contribution in [0.2, 0.25) is 0 Å². The van der Waals surface area contributed by atoms with Crippen molar-refractivity contribution in [1.29, 1.82) is 0 Å². The maximum absolute atomic E-state index is 5.71. The van der Waals surface area contributed by atoms with Crippen LogP contribution in [-0.4, -0.2) is 15.2 Å². The molecule has 0 bridgehead atoms. The first-order chi connectivity index (χ1) is 11.8. The zero-order valence-corrected chi connectivity index (χ0v) is 14.5. The molecule has 0 unspecified atom stereocenters. The van der Waals surface area contributed by atoms with Gasteiger partial charge < -0.3 is 9.73 Å². The second kappa shape index (κ2) is 6.62. The molecule has 0 saturated carbocycles. The summed E-state index contributed by atoms with van der Waals surface area (Å²) in [5.41, 5.74) is 3.91. The van der Waals surface area contributed by atoms with Gasteiger partial charge in [0, 0.05) is 5.69 Å². The van der Waals surface area contributed by atoms with Gasteiger partial charge in [-0.2, -0.15) is 0 Å². The van der Waals surface area contributed by atoms with E-state index in [0.717, 1.165) is 26.3 Å². The van der Waals surface area contributed by atoms with Crippen LogP contribution in [-0.2, 0) is 5.75 Å². The van der Waals surface area contributed by atoms with Gasteiger partial charge in [-0.3, -0.25) is 0 Å². The van der Waals surface area contributed by atoms with Crippen LogP contribution in [0.5, 0.6) is 0 Å². The number of hydrogen-bond donors (Lipinski definition) is 1. The molecule has 7 heteroatoms. The number of nitrogens with zero attached hydrogens (tertiary/aromatic N) is 3. The summed E-state index contributed by atoms with van der Waals surface area (Å²) in [5.74, 6) is 1.33. The summed E-state index contributed by atoms with van der Waals surface area (Å²) >= 11 is 3.09. The van der Waals surface area contributed by atoms with Gasteiger partial charge in [0.2, 0.25) is 11.0 Å². The maximum atomic E-state index is 5.71. The molecule has 0 aliphatic heterocycles. The van der Waals surface area contributed by atoms with Crippen molar-refractivity contribution in [2.45, 2.75) is 17.0 Å². The minimum Gasteiger partial charge on any atom is -0.440 e. The summed E-state index contributed by atoms with van der Waals surface area (Å²) in [5, 5.41) is 12.4. The van der Waals surface area contributed by atoms with Crippen molar-refractivity contribution in [3.05, 3.63) is 60.0 Å². The van der Waals surface area contributed by atoms with Crippen molar-refractivity contribution in [2.24, 2.45) is 0 Å². The second-order valence-corrected chi connectivity index (χ2v) is 7.43. The number of thioether (sulfide) groups is 1. The summed E-state index contributed by atoms with van der Waals surface area (Å²) in [7, 11) is 0. The standard InChI is InChI=1S/C17H14N4OS2/c1-11-5-4-6-12(9-11)18-16-20-21-17(24-16)23-10-15-19-13-7-2-3-8-14(13)22-15/h2-9H,10H2,1H3,(H,18,20). The third-order valence-corrected chi connectivity index (χ3v) is 5.29. The van der Waals surface area contributed by atoms with Crippen molar-refractivity contribution in [3.63, 3.8) is 0 Å². The highest BCUT2D eigenvalue weighted by Gasteiger charge is 2.09.